The molecule has 2 heterocycles. The van der Waals surface area contributed by atoms with Crippen molar-refractivity contribution >= 4 is 11.3 Å². The van der Waals surface area contributed by atoms with Crippen molar-refractivity contribution < 1.29 is 5.11 Å². The highest BCUT2D eigenvalue weighted by molar-refractivity contribution is 7.09. The van der Waals surface area contributed by atoms with Gasteiger partial charge in [0.15, 0.2) is 0 Å². The van der Waals surface area contributed by atoms with Crippen molar-refractivity contribution in [2.24, 2.45) is 0 Å². The van der Waals surface area contributed by atoms with Gasteiger partial charge < -0.3 is 5.11 Å². The van der Waals surface area contributed by atoms with Gasteiger partial charge in [-0.05, 0) is 24.3 Å². The average molecular weight is 197 g/mol. The minimum atomic E-state index is -0.0559. The molecule has 1 N–H and O–H groups in total. The molecular weight excluding hydrogens is 182 g/mol. The topological polar surface area (TPSA) is 23.5 Å². The third kappa shape index (κ3) is 2.53. The first-order valence-electron chi connectivity index (χ1n) is 4.77. The summed E-state index contributed by atoms with van der Waals surface area (Å²) in [6.45, 7) is 3.14. The van der Waals surface area contributed by atoms with Gasteiger partial charge in [0.25, 0.3) is 0 Å². The third-order valence-electron chi connectivity index (χ3n) is 2.52. The molecule has 0 atom stereocenters. The number of rotatable bonds is 2. The van der Waals surface area contributed by atoms with E-state index >= 15 is 0 Å². The van der Waals surface area contributed by atoms with Gasteiger partial charge in [0, 0.05) is 24.5 Å². The molecule has 0 saturated carbocycles. The van der Waals surface area contributed by atoms with Crippen LogP contribution in [0.1, 0.15) is 17.7 Å². The first kappa shape index (κ1) is 9.19. The van der Waals surface area contributed by atoms with Crippen LogP contribution in [0.5, 0.6) is 0 Å². The van der Waals surface area contributed by atoms with Crippen molar-refractivity contribution in [3.8, 4) is 0 Å². The first-order valence-corrected chi connectivity index (χ1v) is 5.65. The number of piperidine rings is 1. The van der Waals surface area contributed by atoms with Crippen molar-refractivity contribution in [1.29, 1.82) is 0 Å². The van der Waals surface area contributed by atoms with Crippen LogP contribution in [0.2, 0.25) is 0 Å². The van der Waals surface area contributed by atoms with Crippen molar-refractivity contribution in [3.63, 3.8) is 0 Å². The molecule has 2 nitrogen and oxygen atoms in total. The molecule has 13 heavy (non-hydrogen) atoms. The largest absolute Gasteiger partial charge is 0.393 e. The van der Waals surface area contributed by atoms with Crippen LogP contribution in [0.25, 0.3) is 0 Å². The monoisotopic (exact) mass is 197 g/mol. The van der Waals surface area contributed by atoms with Crippen molar-refractivity contribution in [2.45, 2.75) is 25.5 Å². The summed E-state index contributed by atoms with van der Waals surface area (Å²) in [5.41, 5.74) is 0. The molecule has 2 rings (SSSR count). The fraction of sp³-hybridized carbons (Fsp3) is 0.600. The molecule has 1 fully saturated rings. The van der Waals surface area contributed by atoms with Crippen molar-refractivity contribution in [2.75, 3.05) is 13.1 Å². The molecule has 0 aliphatic carbocycles. The molecule has 0 spiro atoms. The first-order chi connectivity index (χ1) is 6.34. The predicted molar refractivity (Wildman–Crippen MR) is 54.8 cm³/mol. The van der Waals surface area contributed by atoms with E-state index in [2.05, 4.69) is 22.4 Å². The van der Waals surface area contributed by atoms with Gasteiger partial charge in [-0.2, -0.15) is 0 Å². The maximum atomic E-state index is 9.33. The number of hydrogen-bond donors (Lipinski definition) is 1. The normalized spacial score (nSPS) is 20.7. The minimum absolute atomic E-state index is 0.0559. The van der Waals surface area contributed by atoms with Crippen molar-refractivity contribution in [3.05, 3.63) is 22.4 Å². The molecule has 0 radical (unpaired) electrons. The number of nitrogens with zero attached hydrogens (tertiary/aromatic N) is 1. The molecule has 72 valence electrons. The number of hydrogen-bond acceptors (Lipinski definition) is 3. The van der Waals surface area contributed by atoms with Crippen LogP contribution in [0.15, 0.2) is 17.5 Å². The number of thiophene rings is 1. The molecule has 1 aliphatic heterocycles. The quantitative estimate of drug-likeness (QED) is 0.780. The molecule has 0 unspecified atom stereocenters. The predicted octanol–water partition coefficient (Wildman–Crippen LogP) is 1.70. The summed E-state index contributed by atoms with van der Waals surface area (Å²) < 4.78 is 0. The zero-order valence-electron chi connectivity index (χ0n) is 7.65. The zero-order chi connectivity index (χ0) is 9.10. The van der Waals surface area contributed by atoms with Crippen LogP contribution in [0.4, 0.5) is 0 Å². The molecule has 1 saturated heterocycles. The molecule has 0 aromatic carbocycles. The molecule has 1 aromatic heterocycles. The summed E-state index contributed by atoms with van der Waals surface area (Å²) >= 11 is 1.81. The maximum absolute atomic E-state index is 9.33. The average Bonchev–Trinajstić information content (AvgIpc) is 2.62. The Morgan fingerprint density at radius 2 is 2.23 bits per heavy atom. The molecule has 1 aliphatic rings. The van der Waals surface area contributed by atoms with E-state index in [1.807, 2.05) is 11.3 Å². The summed E-state index contributed by atoms with van der Waals surface area (Å²) in [4.78, 5) is 3.84. The summed E-state index contributed by atoms with van der Waals surface area (Å²) in [7, 11) is 0. The second-order valence-electron chi connectivity index (χ2n) is 3.59. The van der Waals surface area contributed by atoms with E-state index in [0.717, 1.165) is 32.5 Å². The van der Waals surface area contributed by atoms with Crippen LogP contribution in [0, 0.1) is 0 Å². The lowest BCUT2D eigenvalue weighted by molar-refractivity contribution is 0.0797. The van der Waals surface area contributed by atoms with Crippen LogP contribution in [0.3, 0.4) is 0 Å². The third-order valence-corrected chi connectivity index (χ3v) is 3.38. The lowest BCUT2D eigenvalue weighted by Crippen LogP contribution is -2.35. The van der Waals surface area contributed by atoms with E-state index in [1.165, 1.54) is 4.88 Å². The van der Waals surface area contributed by atoms with Gasteiger partial charge in [0.2, 0.25) is 0 Å². The van der Waals surface area contributed by atoms with Gasteiger partial charge in [-0.25, -0.2) is 0 Å². The molecule has 0 bridgehead atoms. The Morgan fingerprint density at radius 3 is 2.85 bits per heavy atom. The Balaban J connectivity index is 1.83. The van der Waals surface area contributed by atoms with E-state index in [9.17, 15) is 5.11 Å². The molecule has 0 amide bonds. The second kappa shape index (κ2) is 4.22. The fourth-order valence-electron chi connectivity index (χ4n) is 1.70. The molecule has 3 heteroatoms. The van der Waals surface area contributed by atoms with Gasteiger partial charge in [-0.1, -0.05) is 6.07 Å². The Hall–Kier alpha value is -0.380. The van der Waals surface area contributed by atoms with E-state index in [1.54, 1.807) is 0 Å². The Kier molecular flexibility index (Phi) is 2.98. The highest BCUT2D eigenvalue weighted by Gasteiger charge is 2.16. The summed E-state index contributed by atoms with van der Waals surface area (Å²) in [6.07, 6.45) is 1.82. The highest BCUT2D eigenvalue weighted by atomic mass is 32.1. The number of aliphatic hydroxyl groups is 1. The molecular formula is C10H15NOS. The van der Waals surface area contributed by atoms with Gasteiger partial charge >= 0.3 is 0 Å². The lowest BCUT2D eigenvalue weighted by Gasteiger charge is -2.28. The van der Waals surface area contributed by atoms with Crippen LogP contribution < -0.4 is 0 Å². The van der Waals surface area contributed by atoms with Crippen LogP contribution in [-0.2, 0) is 6.54 Å². The van der Waals surface area contributed by atoms with Crippen molar-refractivity contribution in [1.82, 2.24) is 4.90 Å². The molecule has 1 aromatic rings. The Bertz CT molecular complexity index is 239. The lowest BCUT2D eigenvalue weighted by atomic mass is 10.1. The van der Waals surface area contributed by atoms with E-state index < -0.39 is 0 Å². The Morgan fingerprint density at radius 1 is 1.46 bits per heavy atom. The minimum Gasteiger partial charge on any atom is -0.393 e. The number of likely N-dealkylation sites (tertiary alicyclic amines) is 1. The summed E-state index contributed by atoms with van der Waals surface area (Å²) in [6, 6.07) is 4.27. The van der Waals surface area contributed by atoms with Crippen LogP contribution >= 0.6 is 11.3 Å². The second-order valence-corrected chi connectivity index (χ2v) is 4.62. The number of aliphatic hydroxyl groups excluding tert-OH is 1. The van der Waals surface area contributed by atoms with E-state index in [4.69, 9.17) is 0 Å². The highest BCUT2D eigenvalue weighted by Crippen LogP contribution is 2.16. The van der Waals surface area contributed by atoms with Crippen LogP contribution in [-0.4, -0.2) is 29.2 Å². The Labute approximate surface area is 82.8 Å². The SMILES string of the molecule is OC1CCN(Cc2cccs2)CC1. The smallest absolute Gasteiger partial charge is 0.0564 e. The van der Waals surface area contributed by atoms with E-state index in [-0.39, 0.29) is 6.10 Å². The van der Waals surface area contributed by atoms with Gasteiger partial charge in [0.1, 0.15) is 0 Å². The van der Waals surface area contributed by atoms with Gasteiger partial charge in [-0.15, -0.1) is 11.3 Å². The van der Waals surface area contributed by atoms with E-state index in [0.29, 0.717) is 0 Å². The van der Waals surface area contributed by atoms with Gasteiger partial charge in [-0.3, -0.25) is 4.90 Å². The summed E-state index contributed by atoms with van der Waals surface area (Å²) in [5.74, 6) is 0. The zero-order valence-corrected chi connectivity index (χ0v) is 8.46. The standard InChI is InChI=1S/C10H15NOS/c12-9-3-5-11(6-4-9)8-10-2-1-7-13-10/h1-2,7,9,12H,3-6,8H2. The summed E-state index contributed by atoms with van der Waals surface area (Å²) in [5, 5.41) is 11.4. The fourth-order valence-corrected chi connectivity index (χ4v) is 2.45. The maximum Gasteiger partial charge on any atom is 0.0564 e. The van der Waals surface area contributed by atoms with Gasteiger partial charge in [0.05, 0.1) is 6.10 Å².